The highest BCUT2D eigenvalue weighted by Gasteiger charge is 2.75. The summed E-state index contributed by atoms with van der Waals surface area (Å²) in [5, 5.41) is 12.1. The molecule has 3 heterocycles. The van der Waals surface area contributed by atoms with E-state index in [1.165, 1.54) is 0 Å². The molecule has 0 saturated carbocycles. The number of nitrogens with zero attached hydrogens (tertiary/aromatic N) is 2. The molecule has 3 saturated heterocycles. The Morgan fingerprint density at radius 2 is 2.00 bits per heavy atom. The summed E-state index contributed by atoms with van der Waals surface area (Å²) in [4.78, 5) is 56.8. The average Bonchev–Trinajstić information content (AvgIpc) is 3.51. The van der Waals surface area contributed by atoms with Gasteiger partial charge in [-0.2, -0.15) is 0 Å². The van der Waals surface area contributed by atoms with Crippen LogP contribution < -0.4 is 5.32 Å². The Morgan fingerprint density at radius 3 is 2.62 bits per heavy atom. The van der Waals surface area contributed by atoms with Gasteiger partial charge in [-0.25, -0.2) is 0 Å². The zero-order valence-corrected chi connectivity index (χ0v) is 23.8. The number of carbonyl (C=O) groups is 4. The fourth-order valence-corrected chi connectivity index (χ4v) is 6.20. The molecule has 6 atom stereocenters. The minimum absolute atomic E-state index is 0.0185. The van der Waals surface area contributed by atoms with Gasteiger partial charge in [-0.15, -0.1) is 13.2 Å². The van der Waals surface area contributed by atoms with E-state index in [9.17, 15) is 24.3 Å². The van der Waals surface area contributed by atoms with Crippen LogP contribution in [0.15, 0.2) is 25.3 Å². The molecule has 3 amide bonds. The van der Waals surface area contributed by atoms with Crippen LogP contribution in [0.1, 0.15) is 66.2 Å². The first-order valence-electron chi connectivity index (χ1n) is 14.0. The van der Waals surface area contributed by atoms with Crippen LogP contribution in [0.5, 0.6) is 0 Å². The zero-order valence-electron chi connectivity index (χ0n) is 23.8. The molecule has 0 unspecified atom stereocenters. The van der Waals surface area contributed by atoms with Crippen LogP contribution >= 0.6 is 0 Å². The van der Waals surface area contributed by atoms with Gasteiger partial charge in [-0.05, 0) is 59.8 Å². The molecule has 0 aliphatic carbocycles. The Morgan fingerprint density at radius 1 is 1.28 bits per heavy atom. The van der Waals surface area contributed by atoms with Gasteiger partial charge in [-0.3, -0.25) is 19.2 Å². The van der Waals surface area contributed by atoms with Crippen molar-refractivity contribution in [3.8, 4) is 0 Å². The second kappa shape index (κ2) is 12.6. The predicted molar refractivity (Wildman–Crippen MR) is 145 cm³/mol. The SMILES string of the molecule is C=CCCC(=O)NC[C@H](C)OC(=O)[C@@H]1[C@H]2C(=O)N(CCCCO)[C@H](C(=O)N(CC=C)C(C)(C)C)[C@]23CC[C@H]1O3. The van der Waals surface area contributed by atoms with Crippen molar-refractivity contribution < 1.29 is 33.8 Å². The summed E-state index contributed by atoms with van der Waals surface area (Å²) >= 11 is 0. The molecular weight excluding hydrogens is 502 g/mol. The molecule has 1 spiro atoms. The van der Waals surface area contributed by atoms with Gasteiger partial charge in [0.2, 0.25) is 17.7 Å². The Labute approximate surface area is 231 Å². The molecule has 0 aromatic rings. The lowest BCUT2D eigenvalue weighted by Gasteiger charge is -2.42. The summed E-state index contributed by atoms with van der Waals surface area (Å²) in [6.45, 7) is 15.6. The van der Waals surface area contributed by atoms with Crippen molar-refractivity contribution in [2.24, 2.45) is 11.8 Å². The van der Waals surface area contributed by atoms with Crippen LogP contribution in [0.3, 0.4) is 0 Å². The molecular formula is C29H45N3O7. The van der Waals surface area contributed by atoms with Crippen LogP contribution in [0.25, 0.3) is 0 Å². The van der Waals surface area contributed by atoms with Crippen molar-refractivity contribution in [1.82, 2.24) is 15.1 Å². The van der Waals surface area contributed by atoms with E-state index in [0.29, 0.717) is 45.1 Å². The zero-order chi connectivity index (χ0) is 29.0. The lowest BCUT2D eigenvalue weighted by molar-refractivity contribution is -0.159. The van der Waals surface area contributed by atoms with Crippen LogP contribution in [-0.4, -0.2) is 94.2 Å². The summed E-state index contributed by atoms with van der Waals surface area (Å²) < 4.78 is 12.2. The first-order chi connectivity index (χ1) is 18.4. The van der Waals surface area contributed by atoms with Crippen molar-refractivity contribution >= 4 is 23.7 Å². The highest BCUT2D eigenvalue weighted by molar-refractivity contribution is 5.98. The largest absolute Gasteiger partial charge is 0.460 e. The van der Waals surface area contributed by atoms with Gasteiger partial charge < -0.3 is 29.7 Å². The number of unbranched alkanes of at least 4 members (excludes halogenated alkanes) is 1. The number of hydrogen-bond acceptors (Lipinski definition) is 7. The lowest BCUT2D eigenvalue weighted by atomic mass is 9.70. The summed E-state index contributed by atoms with van der Waals surface area (Å²) in [7, 11) is 0. The maximum absolute atomic E-state index is 14.2. The van der Waals surface area contributed by atoms with Crippen molar-refractivity contribution in [3.63, 3.8) is 0 Å². The molecule has 3 fully saturated rings. The van der Waals surface area contributed by atoms with Crippen molar-refractivity contribution in [3.05, 3.63) is 25.3 Å². The summed E-state index contributed by atoms with van der Waals surface area (Å²) in [6.07, 6.45) is 5.12. The number of fused-ring (bicyclic) bond motifs is 1. The van der Waals surface area contributed by atoms with Crippen molar-refractivity contribution in [1.29, 1.82) is 0 Å². The Hall–Kier alpha value is -2.72. The van der Waals surface area contributed by atoms with E-state index in [4.69, 9.17) is 9.47 Å². The number of amides is 3. The second-order valence-electron chi connectivity index (χ2n) is 11.8. The average molecular weight is 548 g/mol. The Kier molecular flexibility index (Phi) is 9.98. The number of likely N-dealkylation sites (tertiary alicyclic amines) is 1. The highest BCUT2D eigenvalue weighted by Crippen LogP contribution is 2.59. The number of rotatable bonds is 14. The van der Waals surface area contributed by atoms with E-state index in [1.54, 1.807) is 28.9 Å². The number of aliphatic hydroxyl groups excluding tert-OH is 1. The van der Waals surface area contributed by atoms with Gasteiger partial charge in [0.15, 0.2) is 0 Å². The molecule has 3 aliphatic rings. The third-order valence-corrected chi connectivity index (χ3v) is 7.98. The molecule has 3 aliphatic heterocycles. The second-order valence-corrected chi connectivity index (χ2v) is 11.8. The molecule has 3 rings (SSSR count). The molecule has 2 bridgehead atoms. The van der Waals surface area contributed by atoms with E-state index < -0.39 is 47.2 Å². The van der Waals surface area contributed by atoms with Gasteiger partial charge in [0.1, 0.15) is 17.7 Å². The monoisotopic (exact) mass is 547 g/mol. The predicted octanol–water partition coefficient (Wildman–Crippen LogP) is 1.96. The maximum Gasteiger partial charge on any atom is 0.312 e. The fraction of sp³-hybridized carbons (Fsp3) is 0.724. The molecule has 0 aromatic carbocycles. The topological polar surface area (TPSA) is 125 Å². The highest BCUT2D eigenvalue weighted by atomic mass is 16.6. The standard InChI is InChI=1S/C29H45N3O7/c1-7-9-12-21(34)30-18-19(3)38-27(37)22-20-13-14-29(39-20)23(22)25(35)31(16-10-11-17-33)24(29)26(36)32(15-8-2)28(4,5)6/h7-8,19-20,22-24,33H,1-2,9-18H2,3-6H3,(H,30,34)/t19-,20+,22-,23-,24+,29-/m0/s1. The minimum atomic E-state index is -1.12. The van der Waals surface area contributed by atoms with Crippen LogP contribution in [0, 0.1) is 11.8 Å². The number of carbonyl (C=O) groups excluding carboxylic acids is 4. The summed E-state index contributed by atoms with van der Waals surface area (Å²) in [6, 6.07) is -0.878. The molecule has 10 heteroatoms. The molecule has 0 radical (unpaired) electrons. The molecule has 218 valence electrons. The molecule has 10 nitrogen and oxygen atoms in total. The number of nitrogens with one attached hydrogen (secondary N) is 1. The number of aliphatic hydroxyl groups is 1. The van der Waals surface area contributed by atoms with Crippen LogP contribution in [-0.2, 0) is 28.7 Å². The van der Waals surface area contributed by atoms with Gasteiger partial charge in [0.25, 0.3) is 0 Å². The van der Waals surface area contributed by atoms with E-state index >= 15 is 0 Å². The van der Waals surface area contributed by atoms with Crippen LogP contribution in [0.4, 0.5) is 0 Å². The number of hydrogen-bond donors (Lipinski definition) is 2. The first kappa shape index (κ1) is 30.8. The summed E-state index contributed by atoms with van der Waals surface area (Å²) in [5.74, 6) is -2.87. The van der Waals surface area contributed by atoms with Gasteiger partial charge in [-0.1, -0.05) is 12.2 Å². The normalized spacial score (nSPS) is 28.1. The quantitative estimate of drug-likeness (QED) is 0.193. The number of allylic oxidation sites excluding steroid dienone is 1. The van der Waals surface area contributed by atoms with E-state index in [1.807, 2.05) is 20.8 Å². The molecule has 39 heavy (non-hydrogen) atoms. The van der Waals surface area contributed by atoms with E-state index in [0.717, 1.165) is 0 Å². The van der Waals surface area contributed by atoms with E-state index in [-0.39, 0.29) is 37.4 Å². The maximum atomic E-state index is 14.2. The van der Waals surface area contributed by atoms with Gasteiger partial charge >= 0.3 is 5.97 Å². The van der Waals surface area contributed by atoms with E-state index in [2.05, 4.69) is 18.5 Å². The fourth-order valence-electron chi connectivity index (χ4n) is 6.20. The Bertz CT molecular complexity index is 961. The minimum Gasteiger partial charge on any atom is -0.460 e. The number of esters is 1. The first-order valence-corrected chi connectivity index (χ1v) is 14.0. The molecule has 2 N–H and O–H groups in total. The lowest BCUT2D eigenvalue weighted by Crippen LogP contribution is -2.60. The van der Waals surface area contributed by atoms with Gasteiger partial charge in [0, 0.05) is 31.7 Å². The van der Waals surface area contributed by atoms with Crippen molar-refractivity contribution in [2.75, 3.05) is 26.2 Å². The smallest absolute Gasteiger partial charge is 0.312 e. The third kappa shape index (κ3) is 6.22. The van der Waals surface area contributed by atoms with Crippen molar-refractivity contribution in [2.45, 2.75) is 95.6 Å². The molecule has 0 aromatic heterocycles. The van der Waals surface area contributed by atoms with Gasteiger partial charge in [0.05, 0.1) is 24.5 Å². The van der Waals surface area contributed by atoms with Crippen LogP contribution in [0.2, 0.25) is 0 Å². The number of ether oxygens (including phenoxy) is 2. The summed E-state index contributed by atoms with van der Waals surface area (Å²) in [5.41, 5.74) is -1.64. The Balaban J connectivity index is 1.85. The third-order valence-electron chi connectivity index (χ3n) is 7.98.